The predicted molar refractivity (Wildman–Crippen MR) is 160 cm³/mol. The number of aryl methyl sites for hydroxylation is 1. The highest BCUT2D eigenvalue weighted by Gasteiger charge is 2.20. The molecule has 210 valence electrons. The number of nitrogens with zero attached hydrogens (tertiary/aromatic N) is 3. The molecule has 0 atom stereocenters. The predicted octanol–water partition coefficient (Wildman–Crippen LogP) is 4.22. The van der Waals surface area contributed by atoms with Gasteiger partial charge in [-0.1, -0.05) is 30.4 Å². The number of amides is 1. The van der Waals surface area contributed by atoms with Crippen LogP contribution in [0, 0.1) is 0 Å². The average molecular weight is 580 g/mol. The Hall–Kier alpha value is -3.67. The Morgan fingerprint density at radius 2 is 1.73 bits per heavy atom. The van der Waals surface area contributed by atoms with E-state index in [4.69, 9.17) is 9.72 Å². The summed E-state index contributed by atoms with van der Waals surface area (Å²) in [7, 11) is -2.23. The molecule has 2 N–H and O–H groups in total. The van der Waals surface area contributed by atoms with Crippen molar-refractivity contribution in [3.05, 3.63) is 77.9 Å². The standard InChI is InChI=1S/C29H33N5O4S2/c1-3-21-5-4-6-26-27(21)31-29(39-26)34-19-17-33(18-20-34)16-15-30-28(35)22-7-9-23(10-8-22)32-40(36,37)25-13-11-24(38-2)12-14-25/h4-14,32H,3,15-20H2,1-2H3,(H,30,35). The van der Waals surface area contributed by atoms with Crippen LogP contribution in [0.2, 0.25) is 0 Å². The summed E-state index contributed by atoms with van der Waals surface area (Å²) in [5.74, 6) is 0.385. The lowest BCUT2D eigenvalue weighted by atomic mass is 10.1. The number of ether oxygens (including phenoxy) is 1. The molecule has 0 saturated carbocycles. The molecule has 1 amide bonds. The van der Waals surface area contributed by atoms with Gasteiger partial charge in [-0.15, -0.1) is 0 Å². The van der Waals surface area contributed by atoms with E-state index in [0.29, 0.717) is 23.5 Å². The van der Waals surface area contributed by atoms with E-state index in [0.717, 1.165) is 49.8 Å². The first-order chi connectivity index (χ1) is 19.4. The number of anilines is 2. The van der Waals surface area contributed by atoms with Gasteiger partial charge in [-0.2, -0.15) is 0 Å². The Balaban J connectivity index is 1.07. The van der Waals surface area contributed by atoms with Crippen molar-refractivity contribution in [1.29, 1.82) is 0 Å². The molecule has 0 spiro atoms. The molecule has 1 fully saturated rings. The van der Waals surface area contributed by atoms with E-state index >= 15 is 0 Å². The quantitative estimate of drug-likeness (QED) is 0.290. The largest absolute Gasteiger partial charge is 0.497 e. The summed E-state index contributed by atoms with van der Waals surface area (Å²) in [6.45, 7) is 7.09. The number of piperazine rings is 1. The minimum Gasteiger partial charge on any atom is -0.497 e. The van der Waals surface area contributed by atoms with Crippen LogP contribution < -0.4 is 19.7 Å². The third-order valence-electron chi connectivity index (χ3n) is 7.00. The van der Waals surface area contributed by atoms with E-state index in [1.165, 1.54) is 29.5 Å². The van der Waals surface area contributed by atoms with Gasteiger partial charge in [0.25, 0.3) is 15.9 Å². The Bertz CT molecular complexity index is 1560. The minimum atomic E-state index is -3.75. The number of rotatable bonds is 10. The lowest BCUT2D eigenvalue weighted by molar-refractivity contribution is 0.0948. The fourth-order valence-corrected chi connectivity index (χ4v) is 6.79. The maximum atomic E-state index is 12.6. The minimum absolute atomic E-state index is 0.127. The first-order valence-electron chi connectivity index (χ1n) is 13.3. The second kappa shape index (κ2) is 12.2. The maximum absolute atomic E-state index is 12.6. The molecular formula is C29H33N5O4S2. The van der Waals surface area contributed by atoms with Crippen LogP contribution in [0.5, 0.6) is 5.75 Å². The van der Waals surface area contributed by atoms with Crippen LogP contribution >= 0.6 is 11.3 Å². The Morgan fingerprint density at radius 1 is 1.00 bits per heavy atom. The molecule has 1 aliphatic heterocycles. The molecule has 0 unspecified atom stereocenters. The Kier molecular flexibility index (Phi) is 8.53. The van der Waals surface area contributed by atoms with Crippen molar-refractivity contribution in [2.45, 2.75) is 18.2 Å². The summed E-state index contributed by atoms with van der Waals surface area (Å²) in [4.78, 5) is 22.4. The van der Waals surface area contributed by atoms with Gasteiger partial charge < -0.3 is 15.0 Å². The molecule has 0 aliphatic carbocycles. The lowest BCUT2D eigenvalue weighted by Gasteiger charge is -2.34. The van der Waals surface area contributed by atoms with Crippen LogP contribution in [0.1, 0.15) is 22.8 Å². The number of fused-ring (bicyclic) bond motifs is 1. The first-order valence-corrected chi connectivity index (χ1v) is 15.6. The van der Waals surface area contributed by atoms with Gasteiger partial charge in [0.05, 0.1) is 22.2 Å². The van der Waals surface area contributed by atoms with E-state index in [1.807, 2.05) is 0 Å². The van der Waals surface area contributed by atoms with Gasteiger partial charge in [-0.05, 0) is 66.6 Å². The average Bonchev–Trinajstić information content (AvgIpc) is 3.42. The van der Waals surface area contributed by atoms with E-state index in [-0.39, 0.29) is 10.8 Å². The van der Waals surface area contributed by atoms with Crippen molar-refractivity contribution in [3.63, 3.8) is 0 Å². The second-order valence-electron chi connectivity index (χ2n) is 9.56. The molecule has 40 heavy (non-hydrogen) atoms. The number of thiazole rings is 1. The van der Waals surface area contributed by atoms with Crippen LogP contribution in [0.25, 0.3) is 10.2 Å². The van der Waals surface area contributed by atoms with Gasteiger partial charge >= 0.3 is 0 Å². The number of sulfonamides is 1. The van der Waals surface area contributed by atoms with Crippen LogP contribution in [0.15, 0.2) is 71.6 Å². The highest BCUT2D eigenvalue weighted by molar-refractivity contribution is 7.92. The zero-order valence-electron chi connectivity index (χ0n) is 22.6. The molecule has 11 heteroatoms. The molecule has 1 aromatic heterocycles. The van der Waals surface area contributed by atoms with E-state index in [1.54, 1.807) is 47.7 Å². The molecule has 4 aromatic rings. The molecule has 0 radical (unpaired) electrons. The molecule has 1 saturated heterocycles. The van der Waals surface area contributed by atoms with Crippen molar-refractivity contribution in [2.24, 2.45) is 0 Å². The summed E-state index contributed by atoms with van der Waals surface area (Å²) in [6.07, 6.45) is 0.980. The molecule has 3 aromatic carbocycles. The Morgan fingerprint density at radius 3 is 2.40 bits per heavy atom. The number of benzene rings is 3. The van der Waals surface area contributed by atoms with Crippen molar-refractivity contribution < 1.29 is 17.9 Å². The van der Waals surface area contributed by atoms with Crippen LogP contribution in [0.4, 0.5) is 10.8 Å². The fraction of sp³-hybridized carbons (Fsp3) is 0.310. The number of hydrogen-bond donors (Lipinski definition) is 2. The van der Waals surface area contributed by atoms with E-state index < -0.39 is 10.0 Å². The first kappa shape index (κ1) is 27.9. The molecule has 5 rings (SSSR count). The van der Waals surface area contributed by atoms with Gasteiger partial charge in [0.15, 0.2) is 5.13 Å². The SMILES string of the molecule is CCc1cccc2sc(N3CCN(CCNC(=O)c4ccc(NS(=O)(=O)c5ccc(OC)cc5)cc4)CC3)nc12. The van der Waals surface area contributed by atoms with Crippen LogP contribution in [0.3, 0.4) is 0 Å². The second-order valence-corrected chi connectivity index (χ2v) is 12.2. The number of aromatic nitrogens is 1. The summed E-state index contributed by atoms with van der Waals surface area (Å²) < 4.78 is 34.1. The molecule has 2 heterocycles. The normalized spacial score (nSPS) is 14.3. The summed E-state index contributed by atoms with van der Waals surface area (Å²) in [5, 5.41) is 4.05. The van der Waals surface area contributed by atoms with Crippen molar-refractivity contribution in [2.75, 3.05) is 56.0 Å². The number of methoxy groups -OCH3 is 1. The highest BCUT2D eigenvalue weighted by Crippen LogP contribution is 2.31. The topological polar surface area (TPSA) is 104 Å². The van der Waals surface area contributed by atoms with E-state index in [2.05, 4.69) is 45.0 Å². The van der Waals surface area contributed by atoms with Crippen molar-refractivity contribution in [1.82, 2.24) is 15.2 Å². The summed E-state index contributed by atoms with van der Waals surface area (Å²) in [6, 6.07) is 18.9. The number of nitrogens with one attached hydrogen (secondary N) is 2. The maximum Gasteiger partial charge on any atom is 0.261 e. The third-order valence-corrected chi connectivity index (χ3v) is 9.48. The molecule has 1 aliphatic rings. The van der Waals surface area contributed by atoms with Gasteiger partial charge in [-0.3, -0.25) is 14.4 Å². The van der Waals surface area contributed by atoms with Gasteiger partial charge in [0.1, 0.15) is 5.75 Å². The van der Waals surface area contributed by atoms with Crippen LogP contribution in [-0.4, -0.2) is 70.6 Å². The van der Waals surface area contributed by atoms with E-state index in [9.17, 15) is 13.2 Å². The molecule has 0 bridgehead atoms. The summed E-state index contributed by atoms with van der Waals surface area (Å²) >= 11 is 1.75. The Labute approximate surface area is 238 Å². The monoisotopic (exact) mass is 579 g/mol. The van der Waals surface area contributed by atoms with Crippen LogP contribution in [-0.2, 0) is 16.4 Å². The van der Waals surface area contributed by atoms with Gasteiger partial charge in [-0.25, -0.2) is 13.4 Å². The summed E-state index contributed by atoms with van der Waals surface area (Å²) in [5.41, 5.74) is 3.26. The number of hydrogen-bond acceptors (Lipinski definition) is 8. The van der Waals surface area contributed by atoms with Crippen molar-refractivity contribution in [3.8, 4) is 5.75 Å². The zero-order chi connectivity index (χ0) is 28.1. The number of carbonyl (C=O) groups excluding carboxylic acids is 1. The number of carbonyl (C=O) groups is 1. The van der Waals surface area contributed by atoms with Gasteiger partial charge in [0.2, 0.25) is 0 Å². The smallest absolute Gasteiger partial charge is 0.261 e. The highest BCUT2D eigenvalue weighted by atomic mass is 32.2. The molecule has 9 nitrogen and oxygen atoms in total. The van der Waals surface area contributed by atoms with Crippen molar-refractivity contribution >= 4 is 48.3 Å². The zero-order valence-corrected chi connectivity index (χ0v) is 24.2. The number of para-hydroxylation sites is 1. The van der Waals surface area contributed by atoms with Gasteiger partial charge in [0, 0.05) is 50.5 Å². The third kappa shape index (κ3) is 6.38. The fourth-order valence-electron chi connectivity index (χ4n) is 4.67. The molecular weight excluding hydrogens is 546 g/mol. The lowest BCUT2D eigenvalue weighted by Crippen LogP contribution is -2.48.